The second kappa shape index (κ2) is 63.1. The minimum Gasteiger partial charge on any atom is -0.394 e. The van der Waals surface area contributed by atoms with Crippen LogP contribution in [0.5, 0.6) is 0 Å². The highest BCUT2D eigenvalue weighted by Crippen LogP contribution is 2.23. The third-order valence-corrected chi connectivity index (χ3v) is 16.4. The molecule has 6 N–H and O–H groups in total. The summed E-state index contributed by atoms with van der Waals surface area (Å²) in [5.74, 6) is -0.189. The van der Waals surface area contributed by atoms with Gasteiger partial charge in [-0.2, -0.15) is 0 Å². The maximum Gasteiger partial charge on any atom is 0.220 e. The second-order valence-electron chi connectivity index (χ2n) is 24.3. The van der Waals surface area contributed by atoms with Crippen LogP contribution in [0, 0.1) is 0 Å². The van der Waals surface area contributed by atoms with Gasteiger partial charge in [0.05, 0.1) is 25.4 Å². The molecule has 84 heavy (non-hydrogen) atoms. The molecule has 0 aromatic rings. The largest absolute Gasteiger partial charge is 0.394 e. The number of carbonyl (C=O) groups is 1. The molecule has 1 heterocycles. The molecule has 0 bridgehead atoms. The van der Waals surface area contributed by atoms with Crippen molar-refractivity contribution in [2.45, 2.75) is 358 Å². The van der Waals surface area contributed by atoms with Gasteiger partial charge in [0.15, 0.2) is 6.29 Å². The van der Waals surface area contributed by atoms with Crippen molar-refractivity contribution >= 4 is 5.91 Å². The summed E-state index contributed by atoms with van der Waals surface area (Å²) in [6.45, 7) is 3.68. The zero-order valence-corrected chi connectivity index (χ0v) is 54.4. The molecule has 486 valence electrons. The third kappa shape index (κ3) is 51.2. The van der Waals surface area contributed by atoms with Gasteiger partial charge in [-0.15, -0.1) is 0 Å². The number of unbranched alkanes of at least 4 members (excludes halogenated alkanes) is 37. The molecule has 1 amide bonds. The van der Waals surface area contributed by atoms with Gasteiger partial charge in [-0.05, 0) is 83.5 Å². The number of aliphatic hydroxyl groups is 5. The summed E-state index contributed by atoms with van der Waals surface area (Å²) in [5.41, 5.74) is 0. The van der Waals surface area contributed by atoms with Gasteiger partial charge in [0.25, 0.3) is 0 Å². The first-order valence-corrected chi connectivity index (χ1v) is 35.5. The Bertz CT molecular complexity index is 1650. The van der Waals surface area contributed by atoms with E-state index in [1.54, 1.807) is 6.08 Å². The van der Waals surface area contributed by atoms with E-state index >= 15 is 0 Å². The average Bonchev–Trinajstić information content (AvgIpc) is 3.70. The summed E-state index contributed by atoms with van der Waals surface area (Å²) >= 11 is 0. The molecule has 0 aromatic heterocycles. The number of hydrogen-bond acceptors (Lipinski definition) is 8. The normalized spacial score (nSPS) is 18.8. The van der Waals surface area contributed by atoms with Crippen LogP contribution in [0.4, 0.5) is 0 Å². The Morgan fingerprint density at radius 2 is 0.750 bits per heavy atom. The van der Waals surface area contributed by atoms with Crippen LogP contribution in [-0.4, -0.2) is 87.5 Å². The lowest BCUT2D eigenvalue weighted by Gasteiger charge is -2.40. The molecule has 9 nitrogen and oxygen atoms in total. The minimum atomic E-state index is -1.58. The van der Waals surface area contributed by atoms with E-state index in [4.69, 9.17) is 9.47 Å². The fourth-order valence-corrected chi connectivity index (χ4v) is 10.9. The molecule has 7 unspecified atom stereocenters. The SMILES string of the molecule is CC/C=C\C/C=C\C/C=C\C/C=C\C/C=C\C/C=C\CCCCCCCCCCCCCCC(=O)NC(COC1OC(CO)C(O)C(O)C1O)C(O)/C=C/CC/C=C/CCCCCCCCCCCCCCCCCCCCCCCCCC. The van der Waals surface area contributed by atoms with E-state index in [1.165, 1.54) is 218 Å². The number of carbonyl (C=O) groups excluding carboxylic acids is 1. The van der Waals surface area contributed by atoms with Crippen LogP contribution < -0.4 is 5.32 Å². The van der Waals surface area contributed by atoms with Crippen LogP contribution in [0.3, 0.4) is 0 Å². The van der Waals surface area contributed by atoms with Crippen LogP contribution in [0.1, 0.15) is 316 Å². The molecule has 1 fully saturated rings. The fourth-order valence-electron chi connectivity index (χ4n) is 10.9. The molecule has 0 radical (unpaired) electrons. The van der Waals surface area contributed by atoms with Gasteiger partial charge in [0, 0.05) is 6.42 Å². The van der Waals surface area contributed by atoms with Gasteiger partial charge >= 0.3 is 0 Å². The minimum absolute atomic E-state index is 0.189. The fraction of sp³-hybridized carbons (Fsp3) is 0.773. The van der Waals surface area contributed by atoms with Gasteiger partial charge in [-0.25, -0.2) is 0 Å². The summed E-state index contributed by atoms with van der Waals surface area (Å²) in [5, 5.41) is 54.8. The van der Waals surface area contributed by atoms with Crippen LogP contribution in [0.2, 0.25) is 0 Å². The molecular formula is C75H133NO8. The Morgan fingerprint density at radius 3 is 1.14 bits per heavy atom. The van der Waals surface area contributed by atoms with Crippen molar-refractivity contribution in [2.75, 3.05) is 13.2 Å². The quantitative estimate of drug-likeness (QED) is 0.0261. The number of amides is 1. The summed E-state index contributed by atoms with van der Waals surface area (Å²) in [7, 11) is 0. The van der Waals surface area contributed by atoms with Crippen LogP contribution in [-0.2, 0) is 14.3 Å². The standard InChI is InChI=1S/C75H133NO8/c1-3-5-7-9-11-13-15-17-19-21-23-25-27-29-31-33-35-37-39-41-43-45-47-49-51-53-55-57-59-61-63-65-71(79)76-68(67-83-75-74(82)73(81)72(80)70(66-77)84-75)69(78)64-62-60-58-56-54-52-50-48-46-44-42-40-38-36-34-32-30-28-26-24-22-20-18-16-14-12-10-8-6-4-2/h5,7,11,13,17,19,23,25,29,31,35,37,54,56,62,64,68-70,72-75,77-78,80-82H,3-4,6,8-10,12,14-16,18,20-22,24,26-28,30,32-34,36,38-53,55,57-61,63,65-67H2,1-2H3,(H,76,79)/b7-5-,13-11-,19-17-,25-23-,31-29-,37-35-,56-54+,64-62+. The topological polar surface area (TPSA) is 149 Å². The molecule has 9 heteroatoms. The van der Waals surface area contributed by atoms with Crippen LogP contribution in [0.25, 0.3) is 0 Å². The number of allylic oxidation sites excluding steroid dienone is 15. The van der Waals surface area contributed by atoms with Crippen LogP contribution >= 0.6 is 0 Å². The van der Waals surface area contributed by atoms with Crippen LogP contribution in [0.15, 0.2) is 97.2 Å². The van der Waals surface area contributed by atoms with Gasteiger partial charge in [0.1, 0.15) is 24.4 Å². The van der Waals surface area contributed by atoms with Crippen molar-refractivity contribution in [2.24, 2.45) is 0 Å². The molecule has 0 spiro atoms. The second-order valence-corrected chi connectivity index (χ2v) is 24.3. The summed E-state index contributed by atoms with van der Waals surface area (Å²) in [6, 6.07) is -0.831. The highest BCUT2D eigenvalue weighted by Gasteiger charge is 2.44. The van der Waals surface area contributed by atoms with Crippen molar-refractivity contribution in [1.82, 2.24) is 5.32 Å². The van der Waals surface area contributed by atoms with E-state index in [1.807, 2.05) is 6.08 Å². The lowest BCUT2D eigenvalue weighted by molar-refractivity contribution is -0.302. The van der Waals surface area contributed by atoms with E-state index in [0.29, 0.717) is 6.42 Å². The van der Waals surface area contributed by atoms with Gasteiger partial charge in [-0.3, -0.25) is 4.79 Å². The van der Waals surface area contributed by atoms with Gasteiger partial charge in [-0.1, -0.05) is 323 Å². The Balaban J connectivity index is 2.16. The van der Waals surface area contributed by atoms with Crippen molar-refractivity contribution in [3.8, 4) is 0 Å². The zero-order valence-electron chi connectivity index (χ0n) is 54.4. The number of aliphatic hydroxyl groups excluding tert-OH is 5. The van der Waals surface area contributed by atoms with E-state index < -0.39 is 49.5 Å². The molecule has 1 aliphatic heterocycles. The predicted molar refractivity (Wildman–Crippen MR) is 359 cm³/mol. The monoisotopic (exact) mass is 1180 g/mol. The molecule has 7 atom stereocenters. The van der Waals surface area contributed by atoms with Crippen molar-refractivity contribution in [1.29, 1.82) is 0 Å². The molecule has 1 aliphatic rings. The number of rotatable bonds is 61. The molecule has 1 rings (SSSR count). The Kier molecular flexibility index (Phi) is 59.5. The molecular weight excluding hydrogens is 1040 g/mol. The molecule has 1 saturated heterocycles. The first-order valence-electron chi connectivity index (χ1n) is 35.5. The van der Waals surface area contributed by atoms with E-state index in [0.717, 1.165) is 77.0 Å². The van der Waals surface area contributed by atoms with Gasteiger partial charge < -0.3 is 40.3 Å². The highest BCUT2D eigenvalue weighted by molar-refractivity contribution is 5.76. The molecule has 0 aromatic carbocycles. The number of nitrogens with one attached hydrogen (secondary N) is 1. The maximum atomic E-state index is 13.1. The predicted octanol–water partition coefficient (Wildman–Crippen LogP) is 19.5. The van der Waals surface area contributed by atoms with E-state index in [-0.39, 0.29) is 12.5 Å². The molecule has 0 saturated carbocycles. The zero-order chi connectivity index (χ0) is 60.7. The van der Waals surface area contributed by atoms with E-state index in [2.05, 4.69) is 104 Å². The number of hydrogen-bond donors (Lipinski definition) is 6. The van der Waals surface area contributed by atoms with Crippen molar-refractivity contribution in [3.05, 3.63) is 97.2 Å². The smallest absolute Gasteiger partial charge is 0.220 e. The Morgan fingerprint density at radius 1 is 0.417 bits per heavy atom. The summed E-state index contributed by atoms with van der Waals surface area (Å²) in [4.78, 5) is 13.1. The Hall–Kier alpha value is -2.89. The first kappa shape index (κ1) is 79.1. The summed E-state index contributed by atoms with van der Waals surface area (Å²) < 4.78 is 11.3. The third-order valence-electron chi connectivity index (χ3n) is 16.4. The van der Waals surface area contributed by atoms with Crippen molar-refractivity contribution in [3.63, 3.8) is 0 Å². The van der Waals surface area contributed by atoms with E-state index in [9.17, 15) is 30.3 Å². The average molecular weight is 1180 g/mol. The lowest BCUT2D eigenvalue weighted by atomic mass is 9.99. The maximum absolute atomic E-state index is 13.1. The highest BCUT2D eigenvalue weighted by atomic mass is 16.7. The molecule has 0 aliphatic carbocycles. The number of ether oxygens (including phenoxy) is 2. The Labute approximate surface area is 517 Å². The van der Waals surface area contributed by atoms with Gasteiger partial charge in [0.2, 0.25) is 5.91 Å². The summed E-state index contributed by atoms with van der Waals surface area (Å²) in [6.07, 6.45) is 85.1. The first-order chi connectivity index (χ1) is 41.3. The van der Waals surface area contributed by atoms with Crippen molar-refractivity contribution < 1.29 is 39.8 Å². The lowest BCUT2D eigenvalue weighted by Crippen LogP contribution is -2.60.